The van der Waals surface area contributed by atoms with Gasteiger partial charge in [-0.05, 0) is 0 Å². The van der Waals surface area contributed by atoms with E-state index in [2.05, 4.69) is 0 Å². The molecule has 11 heteroatoms. The largest absolute Gasteiger partial charge is 0.207 e. The zero-order valence-corrected chi connectivity index (χ0v) is 13.9. The van der Waals surface area contributed by atoms with E-state index in [1.807, 2.05) is 0 Å². The molecule has 0 aliphatic heterocycles. The first kappa shape index (κ1) is 20.8. The van der Waals surface area contributed by atoms with E-state index in [1.54, 1.807) is 0 Å². The Morgan fingerprint density at radius 2 is 0.655 bits per heavy atom. The molecule has 0 bridgehead atoms. The second-order valence-electron chi connectivity index (χ2n) is 6.11. The van der Waals surface area contributed by atoms with Crippen LogP contribution in [0.5, 0.6) is 0 Å². The highest BCUT2D eigenvalue weighted by Crippen LogP contribution is 2.20. The number of halogens is 10. The number of benzene rings is 3. The third-order valence-electron chi connectivity index (χ3n) is 4.56. The summed E-state index contributed by atoms with van der Waals surface area (Å²) < 4.78 is 139. The predicted molar refractivity (Wildman–Crippen MR) is 85.0 cm³/mol. The second-order valence-corrected chi connectivity index (χ2v) is 6.11. The molecule has 3 aromatic rings. The molecule has 0 radical (unpaired) electrons. The lowest BCUT2D eigenvalue weighted by atomic mass is 9.36. The highest BCUT2D eigenvalue weighted by Gasteiger charge is 2.33. The molecule has 0 saturated carbocycles. The SMILES string of the molecule is Fc1c(F)c(F)c([BH-](c2ccccc2)c2c(F)c(F)c(F)c(F)c2F)c(F)c1F. The van der Waals surface area contributed by atoms with Crippen molar-refractivity contribution in [1.29, 1.82) is 0 Å². The van der Waals surface area contributed by atoms with Crippen molar-refractivity contribution >= 4 is 23.1 Å². The molecule has 0 unspecified atom stereocenters. The summed E-state index contributed by atoms with van der Waals surface area (Å²) in [5.74, 6) is -24.5. The van der Waals surface area contributed by atoms with Crippen LogP contribution in [-0.2, 0) is 0 Å². The first-order chi connectivity index (χ1) is 13.6. The van der Waals surface area contributed by atoms with Gasteiger partial charge in [-0.1, -0.05) is 30.3 Å². The van der Waals surface area contributed by atoms with Crippen LogP contribution in [0.2, 0.25) is 0 Å². The fourth-order valence-corrected chi connectivity index (χ4v) is 3.22. The van der Waals surface area contributed by atoms with Crippen molar-refractivity contribution in [2.24, 2.45) is 0 Å². The fraction of sp³-hybridized carbons (Fsp3) is 0. The van der Waals surface area contributed by atoms with Gasteiger partial charge in [-0.15, -0.1) is 10.9 Å². The molecule has 29 heavy (non-hydrogen) atoms. The van der Waals surface area contributed by atoms with Gasteiger partial charge in [-0.2, -0.15) is 0 Å². The molecule has 0 aliphatic carbocycles. The average Bonchev–Trinajstić information content (AvgIpc) is 2.73. The molecule has 0 saturated heterocycles. The van der Waals surface area contributed by atoms with E-state index in [1.165, 1.54) is 18.2 Å². The van der Waals surface area contributed by atoms with E-state index >= 15 is 0 Å². The quantitative estimate of drug-likeness (QED) is 0.263. The Morgan fingerprint density at radius 1 is 0.379 bits per heavy atom. The van der Waals surface area contributed by atoms with Crippen molar-refractivity contribution in [3.05, 3.63) is 88.5 Å². The third-order valence-corrected chi connectivity index (χ3v) is 4.56. The van der Waals surface area contributed by atoms with Crippen molar-refractivity contribution in [2.45, 2.75) is 0 Å². The lowest BCUT2D eigenvalue weighted by Crippen LogP contribution is -2.58. The molecule has 3 rings (SSSR count). The fourth-order valence-electron chi connectivity index (χ4n) is 3.22. The first-order valence-electron chi connectivity index (χ1n) is 7.86. The molecule has 0 N–H and O–H groups in total. The van der Waals surface area contributed by atoms with Crippen LogP contribution in [0, 0.1) is 58.2 Å². The summed E-state index contributed by atoms with van der Waals surface area (Å²) in [6.07, 6.45) is 0. The smallest absolute Gasteiger partial charge is 0.200 e. The van der Waals surface area contributed by atoms with Crippen LogP contribution in [0.3, 0.4) is 0 Å². The van der Waals surface area contributed by atoms with Crippen LogP contribution >= 0.6 is 0 Å². The van der Waals surface area contributed by atoms with Gasteiger partial charge in [-0.25, -0.2) is 49.4 Å². The van der Waals surface area contributed by atoms with Crippen LogP contribution in [-0.4, -0.2) is 6.71 Å². The molecule has 0 fully saturated rings. The molecular formula is C18H6BF10-. The molecule has 0 aliphatic rings. The van der Waals surface area contributed by atoms with Crippen LogP contribution in [0.15, 0.2) is 30.3 Å². The molecule has 0 nitrogen and oxygen atoms in total. The first-order valence-corrected chi connectivity index (χ1v) is 7.86. The van der Waals surface area contributed by atoms with Gasteiger partial charge in [0.1, 0.15) is 23.3 Å². The normalized spacial score (nSPS) is 11.4. The van der Waals surface area contributed by atoms with Gasteiger partial charge < -0.3 is 0 Å². The van der Waals surface area contributed by atoms with E-state index in [0.717, 1.165) is 12.1 Å². The van der Waals surface area contributed by atoms with E-state index in [9.17, 15) is 43.9 Å². The Labute approximate surface area is 156 Å². The number of hydrogen-bond acceptors (Lipinski definition) is 0. The summed E-state index contributed by atoms with van der Waals surface area (Å²) in [5.41, 5.74) is -3.77. The van der Waals surface area contributed by atoms with Crippen LogP contribution in [0.4, 0.5) is 43.9 Å². The van der Waals surface area contributed by atoms with Crippen LogP contribution in [0.25, 0.3) is 0 Å². The van der Waals surface area contributed by atoms with Gasteiger partial charge in [0.05, 0.1) is 6.71 Å². The molecule has 0 spiro atoms. The maximum atomic E-state index is 14.4. The minimum absolute atomic E-state index is 0.404. The number of hydrogen-bond donors (Lipinski definition) is 0. The minimum Gasteiger partial charge on any atom is -0.207 e. The van der Waals surface area contributed by atoms with Gasteiger partial charge in [-0.3, -0.25) is 0 Å². The Morgan fingerprint density at radius 3 is 0.966 bits per heavy atom. The summed E-state index contributed by atoms with van der Waals surface area (Å²) in [4.78, 5) is 0. The molecule has 152 valence electrons. The lowest BCUT2D eigenvalue weighted by Gasteiger charge is -2.29. The summed E-state index contributed by atoms with van der Waals surface area (Å²) >= 11 is 0. The van der Waals surface area contributed by atoms with Crippen molar-refractivity contribution in [1.82, 2.24) is 0 Å². The lowest BCUT2D eigenvalue weighted by molar-refractivity contribution is 0.382. The standard InChI is InChI=1S/C18H6BF10/c20-9-7(10(21)14(25)17(28)13(9)24)19(6-4-2-1-3-5-6)8-11(22)15(26)18(29)16(27)12(8)23/h1-5,19H/q-1. The topological polar surface area (TPSA) is 0 Å². The zero-order valence-electron chi connectivity index (χ0n) is 13.9. The third kappa shape index (κ3) is 3.14. The van der Waals surface area contributed by atoms with Gasteiger partial charge in [0, 0.05) is 0 Å². The number of rotatable bonds is 3. The maximum absolute atomic E-state index is 14.4. The Kier molecular flexibility index (Phi) is 5.33. The molecular weight excluding hydrogens is 417 g/mol. The van der Waals surface area contributed by atoms with E-state index in [-0.39, 0.29) is 0 Å². The molecule has 0 aromatic heterocycles. The van der Waals surface area contributed by atoms with Crippen LogP contribution < -0.4 is 16.4 Å². The molecule has 0 amide bonds. The van der Waals surface area contributed by atoms with Crippen molar-refractivity contribution < 1.29 is 43.9 Å². The predicted octanol–water partition coefficient (Wildman–Crippen LogP) is 3.33. The van der Waals surface area contributed by atoms with E-state index in [0.29, 0.717) is 0 Å². The van der Waals surface area contributed by atoms with Crippen LogP contribution in [0.1, 0.15) is 0 Å². The summed E-state index contributed by atoms with van der Waals surface area (Å²) in [6.45, 7) is -3.66. The van der Waals surface area contributed by atoms with Crippen molar-refractivity contribution in [3.8, 4) is 0 Å². The average molecular weight is 423 g/mol. The highest BCUT2D eigenvalue weighted by atomic mass is 19.2. The van der Waals surface area contributed by atoms with Crippen molar-refractivity contribution in [3.63, 3.8) is 0 Å². The Balaban J connectivity index is 2.50. The van der Waals surface area contributed by atoms with Crippen molar-refractivity contribution in [2.75, 3.05) is 0 Å². The van der Waals surface area contributed by atoms with Gasteiger partial charge in [0.15, 0.2) is 34.9 Å². The van der Waals surface area contributed by atoms with E-state index in [4.69, 9.17) is 0 Å². The molecule has 0 heterocycles. The maximum Gasteiger partial charge on any atom is 0.200 e. The zero-order chi connectivity index (χ0) is 21.6. The molecule has 0 atom stereocenters. The monoisotopic (exact) mass is 423 g/mol. The second kappa shape index (κ2) is 7.45. The van der Waals surface area contributed by atoms with E-state index < -0.39 is 81.3 Å². The van der Waals surface area contributed by atoms with Gasteiger partial charge in [0.25, 0.3) is 0 Å². The van der Waals surface area contributed by atoms with Gasteiger partial charge >= 0.3 is 0 Å². The molecule has 3 aromatic carbocycles. The minimum atomic E-state index is -3.66. The highest BCUT2D eigenvalue weighted by molar-refractivity contribution is 6.95. The summed E-state index contributed by atoms with van der Waals surface area (Å²) in [7, 11) is 0. The summed E-state index contributed by atoms with van der Waals surface area (Å²) in [6, 6.07) is 5.71. The Bertz CT molecular complexity index is 986. The summed E-state index contributed by atoms with van der Waals surface area (Å²) in [5, 5.41) is 0. The van der Waals surface area contributed by atoms with Gasteiger partial charge in [0.2, 0.25) is 0 Å². The Hall–Kier alpha value is -2.98.